The smallest absolute Gasteiger partial charge is 0.262 e. The van der Waals surface area contributed by atoms with Crippen molar-refractivity contribution in [1.29, 1.82) is 0 Å². The van der Waals surface area contributed by atoms with Crippen molar-refractivity contribution in [2.75, 3.05) is 29.9 Å². The molecule has 0 bridgehead atoms. The molecule has 1 aliphatic rings. The van der Waals surface area contributed by atoms with E-state index in [4.69, 9.17) is 4.98 Å². The quantitative estimate of drug-likeness (QED) is 0.709. The lowest BCUT2D eigenvalue weighted by atomic mass is 10.0. The number of piperidine rings is 1. The molecule has 0 aliphatic carbocycles. The summed E-state index contributed by atoms with van der Waals surface area (Å²) in [5.74, 6) is 1.70. The first-order chi connectivity index (χ1) is 13.0. The lowest BCUT2D eigenvalue weighted by Crippen LogP contribution is -2.45. The zero-order chi connectivity index (χ0) is 19.0. The minimum atomic E-state index is 0.00584. The van der Waals surface area contributed by atoms with Crippen LogP contribution in [0, 0.1) is 6.92 Å². The lowest BCUT2D eigenvalue weighted by molar-refractivity contribution is 0.471. The maximum absolute atomic E-state index is 12.7. The largest absolute Gasteiger partial charge is 0.356 e. The van der Waals surface area contributed by atoms with Gasteiger partial charge in [-0.2, -0.15) is 0 Å². The van der Waals surface area contributed by atoms with E-state index in [1.165, 1.54) is 0 Å². The molecule has 7 nitrogen and oxygen atoms in total. The van der Waals surface area contributed by atoms with E-state index in [1.54, 1.807) is 17.9 Å². The van der Waals surface area contributed by atoms with Crippen LogP contribution in [0.15, 0.2) is 41.5 Å². The van der Waals surface area contributed by atoms with Crippen molar-refractivity contribution in [3.05, 3.63) is 52.7 Å². The molecule has 0 amide bonds. The number of aromatic nitrogens is 4. The Kier molecular flexibility index (Phi) is 4.51. The van der Waals surface area contributed by atoms with Crippen LogP contribution in [0.25, 0.3) is 10.9 Å². The highest BCUT2D eigenvalue weighted by Crippen LogP contribution is 2.23. The summed E-state index contributed by atoms with van der Waals surface area (Å²) in [7, 11) is 3.89. The first-order valence-electron chi connectivity index (χ1n) is 9.27. The first-order valence-corrected chi connectivity index (χ1v) is 9.27. The molecule has 0 atom stereocenters. The topological polar surface area (TPSA) is 67.2 Å². The summed E-state index contributed by atoms with van der Waals surface area (Å²) in [6.45, 7) is 3.70. The molecule has 140 valence electrons. The van der Waals surface area contributed by atoms with Gasteiger partial charge in [0.15, 0.2) is 0 Å². The van der Waals surface area contributed by atoms with E-state index in [-0.39, 0.29) is 5.56 Å². The summed E-state index contributed by atoms with van der Waals surface area (Å²) in [6, 6.07) is 9.96. The molecule has 1 saturated heterocycles. The third-order valence-electron chi connectivity index (χ3n) is 5.41. The van der Waals surface area contributed by atoms with Gasteiger partial charge in [0, 0.05) is 45.0 Å². The van der Waals surface area contributed by atoms with Crippen molar-refractivity contribution in [2.24, 2.45) is 7.05 Å². The second-order valence-corrected chi connectivity index (χ2v) is 7.14. The fourth-order valence-corrected chi connectivity index (χ4v) is 3.76. The van der Waals surface area contributed by atoms with Gasteiger partial charge >= 0.3 is 0 Å². The van der Waals surface area contributed by atoms with E-state index in [2.05, 4.69) is 26.8 Å². The van der Waals surface area contributed by atoms with Gasteiger partial charge in [0.05, 0.1) is 10.9 Å². The highest BCUT2D eigenvalue weighted by molar-refractivity contribution is 5.78. The van der Waals surface area contributed by atoms with E-state index in [0.29, 0.717) is 11.4 Å². The number of nitrogens with zero attached hydrogens (tertiary/aromatic N) is 6. The summed E-state index contributed by atoms with van der Waals surface area (Å²) in [4.78, 5) is 30.4. The maximum Gasteiger partial charge on any atom is 0.262 e. The zero-order valence-corrected chi connectivity index (χ0v) is 16.0. The minimum Gasteiger partial charge on any atom is -0.356 e. The molecule has 7 heteroatoms. The average molecular weight is 364 g/mol. The van der Waals surface area contributed by atoms with Crippen LogP contribution < -0.4 is 15.4 Å². The van der Waals surface area contributed by atoms with Crippen molar-refractivity contribution >= 4 is 22.7 Å². The van der Waals surface area contributed by atoms with E-state index < -0.39 is 0 Å². The van der Waals surface area contributed by atoms with Crippen LogP contribution in [-0.4, -0.2) is 45.7 Å². The van der Waals surface area contributed by atoms with Crippen LogP contribution in [0.1, 0.15) is 18.5 Å². The van der Waals surface area contributed by atoms with Crippen LogP contribution in [0.4, 0.5) is 11.8 Å². The number of anilines is 2. The monoisotopic (exact) mass is 364 g/mol. The van der Waals surface area contributed by atoms with E-state index >= 15 is 0 Å². The van der Waals surface area contributed by atoms with Gasteiger partial charge in [0.1, 0.15) is 12.1 Å². The summed E-state index contributed by atoms with van der Waals surface area (Å²) in [5, 5.41) is 0.664. The Balaban J connectivity index is 1.53. The molecule has 0 N–H and O–H groups in total. The SMILES string of the molecule is Cc1cc(N(C)C2CCN(c3nc4ccccc4c(=O)n3C)CC2)ncn1. The number of benzene rings is 1. The Bertz CT molecular complexity index is 1020. The van der Waals surface area contributed by atoms with Crippen molar-refractivity contribution < 1.29 is 0 Å². The predicted octanol–water partition coefficient (Wildman–Crippen LogP) is 2.14. The van der Waals surface area contributed by atoms with Gasteiger partial charge in [-0.3, -0.25) is 9.36 Å². The fourth-order valence-electron chi connectivity index (χ4n) is 3.76. The average Bonchev–Trinajstić information content (AvgIpc) is 2.70. The summed E-state index contributed by atoms with van der Waals surface area (Å²) < 4.78 is 1.67. The number of rotatable bonds is 3. The standard InChI is InChI=1S/C20H24N6O/c1-14-12-18(22-13-21-14)24(2)15-8-10-26(11-9-15)20-23-17-7-5-4-6-16(17)19(27)25(20)3/h4-7,12-13,15H,8-11H2,1-3H3. The van der Waals surface area contributed by atoms with Crippen LogP contribution in [0.2, 0.25) is 0 Å². The second kappa shape index (κ2) is 6.98. The van der Waals surface area contributed by atoms with Gasteiger partial charge in [0.2, 0.25) is 5.95 Å². The Morgan fingerprint density at radius 2 is 1.89 bits per heavy atom. The third-order valence-corrected chi connectivity index (χ3v) is 5.41. The fraction of sp³-hybridized carbons (Fsp3) is 0.400. The van der Waals surface area contributed by atoms with E-state index in [1.807, 2.05) is 37.3 Å². The molecular weight excluding hydrogens is 340 g/mol. The molecular formula is C20H24N6O. The van der Waals surface area contributed by atoms with E-state index in [0.717, 1.165) is 48.9 Å². The number of aryl methyl sites for hydroxylation is 1. The van der Waals surface area contributed by atoms with Gasteiger partial charge in [-0.1, -0.05) is 12.1 Å². The lowest BCUT2D eigenvalue weighted by Gasteiger charge is -2.38. The Morgan fingerprint density at radius 1 is 1.15 bits per heavy atom. The number of fused-ring (bicyclic) bond motifs is 1. The highest BCUT2D eigenvalue weighted by atomic mass is 16.1. The summed E-state index contributed by atoms with van der Waals surface area (Å²) >= 11 is 0. The Morgan fingerprint density at radius 3 is 2.63 bits per heavy atom. The van der Waals surface area contributed by atoms with Gasteiger partial charge in [-0.15, -0.1) is 0 Å². The Hall–Kier alpha value is -2.96. The van der Waals surface area contributed by atoms with Crippen molar-refractivity contribution in [1.82, 2.24) is 19.5 Å². The summed E-state index contributed by atoms with van der Waals surface area (Å²) in [5.41, 5.74) is 1.73. The summed E-state index contributed by atoms with van der Waals surface area (Å²) in [6.07, 6.45) is 3.59. The normalized spacial score (nSPS) is 15.3. The van der Waals surface area contributed by atoms with Gasteiger partial charge in [-0.25, -0.2) is 15.0 Å². The van der Waals surface area contributed by atoms with Gasteiger partial charge < -0.3 is 9.80 Å². The molecule has 1 fully saturated rings. The first kappa shape index (κ1) is 17.5. The van der Waals surface area contributed by atoms with Crippen LogP contribution in [0.5, 0.6) is 0 Å². The number of para-hydroxylation sites is 1. The number of hydrogen-bond acceptors (Lipinski definition) is 6. The molecule has 1 aliphatic heterocycles. The van der Waals surface area contributed by atoms with Crippen molar-refractivity contribution in [3.8, 4) is 0 Å². The minimum absolute atomic E-state index is 0.00584. The predicted molar refractivity (Wildman–Crippen MR) is 107 cm³/mol. The maximum atomic E-state index is 12.7. The van der Waals surface area contributed by atoms with Crippen LogP contribution in [-0.2, 0) is 7.05 Å². The zero-order valence-electron chi connectivity index (χ0n) is 16.0. The third kappa shape index (κ3) is 3.25. The molecule has 1 aromatic carbocycles. The van der Waals surface area contributed by atoms with Crippen molar-refractivity contribution in [3.63, 3.8) is 0 Å². The molecule has 0 saturated carbocycles. The van der Waals surface area contributed by atoms with E-state index in [9.17, 15) is 4.79 Å². The van der Waals surface area contributed by atoms with Crippen molar-refractivity contribution in [2.45, 2.75) is 25.8 Å². The Labute approximate surface area is 158 Å². The molecule has 4 rings (SSSR count). The number of hydrogen-bond donors (Lipinski definition) is 0. The molecule has 2 aromatic heterocycles. The van der Waals surface area contributed by atoms with Gasteiger partial charge in [-0.05, 0) is 31.9 Å². The molecule has 3 aromatic rings. The second-order valence-electron chi connectivity index (χ2n) is 7.14. The molecule has 0 unspecified atom stereocenters. The highest BCUT2D eigenvalue weighted by Gasteiger charge is 2.25. The molecule has 27 heavy (non-hydrogen) atoms. The molecule has 3 heterocycles. The molecule has 0 spiro atoms. The van der Waals surface area contributed by atoms with Crippen LogP contribution >= 0.6 is 0 Å². The van der Waals surface area contributed by atoms with Gasteiger partial charge in [0.25, 0.3) is 5.56 Å². The molecule has 0 radical (unpaired) electrons. The van der Waals surface area contributed by atoms with Crippen LogP contribution in [0.3, 0.4) is 0 Å².